The van der Waals surface area contributed by atoms with Gasteiger partial charge in [0.25, 0.3) is 5.91 Å². The van der Waals surface area contributed by atoms with Crippen LogP contribution in [0.2, 0.25) is 0 Å². The second-order valence-electron chi connectivity index (χ2n) is 8.02. The molecule has 3 aromatic carbocycles. The fourth-order valence-corrected chi connectivity index (χ4v) is 5.31. The molecule has 0 spiro atoms. The zero-order chi connectivity index (χ0) is 27.9. The van der Waals surface area contributed by atoms with Crippen LogP contribution in [0.4, 0.5) is 10.7 Å². The van der Waals surface area contributed by atoms with E-state index in [0.29, 0.717) is 21.1 Å². The first-order chi connectivity index (χ1) is 18.8. The number of aromatic carboxylic acids is 2. The summed E-state index contributed by atoms with van der Waals surface area (Å²) in [4.78, 5) is 48.8. The van der Waals surface area contributed by atoms with E-state index in [9.17, 15) is 29.5 Å². The summed E-state index contributed by atoms with van der Waals surface area (Å²) in [6.07, 6.45) is 0. The monoisotopic (exact) mass is 557 g/mol. The molecule has 0 aliphatic rings. The average Bonchev–Trinajstić information content (AvgIpc) is 3.34. The van der Waals surface area contributed by atoms with Crippen molar-refractivity contribution in [1.29, 1.82) is 5.26 Å². The first-order valence-corrected chi connectivity index (χ1v) is 13.1. The van der Waals surface area contributed by atoms with Crippen molar-refractivity contribution in [3.05, 3.63) is 100 Å². The maximum Gasteiger partial charge on any atom is 0.336 e. The summed E-state index contributed by atoms with van der Waals surface area (Å²) in [5, 5.41) is 35.8. The van der Waals surface area contributed by atoms with Gasteiger partial charge in [0, 0.05) is 21.5 Å². The van der Waals surface area contributed by atoms with E-state index < -0.39 is 23.4 Å². The lowest BCUT2D eigenvalue weighted by Crippen LogP contribution is -2.17. The number of nitrogens with one attached hydrogen (secondary N) is 2. The van der Waals surface area contributed by atoms with E-state index in [2.05, 4.69) is 16.7 Å². The van der Waals surface area contributed by atoms with Crippen LogP contribution >= 0.6 is 23.1 Å². The number of thiophene rings is 1. The number of anilines is 2. The number of nitrogens with zero attached hydrogens (tertiary/aromatic N) is 1. The van der Waals surface area contributed by atoms with Crippen LogP contribution in [-0.2, 0) is 4.79 Å². The minimum absolute atomic E-state index is 0.0423. The number of nitriles is 1. The van der Waals surface area contributed by atoms with Gasteiger partial charge in [-0.2, -0.15) is 5.26 Å². The van der Waals surface area contributed by atoms with Crippen molar-refractivity contribution in [1.82, 2.24) is 0 Å². The molecule has 4 aromatic rings. The van der Waals surface area contributed by atoms with Gasteiger partial charge in [-0.1, -0.05) is 36.4 Å². The van der Waals surface area contributed by atoms with Gasteiger partial charge in [0.2, 0.25) is 5.91 Å². The third-order valence-electron chi connectivity index (χ3n) is 5.44. The summed E-state index contributed by atoms with van der Waals surface area (Å²) in [5.74, 6) is -3.73. The predicted octanol–water partition coefficient (Wildman–Crippen LogP) is 5.67. The summed E-state index contributed by atoms with van der Waals surface area (Å²) >= 11 is 2.49. The molecule has 194 valence electrons. The van der Waals surface area contributed by atoms with Crippen LogP contribution < -0.4 is 10.6 Å². The van der Waals surface area contributed by atoms with Crippen LogP contribution in [0.3, 0.4) is 0 Å². The van der Waals surface area contributed by atoms with Crippen LogP contribution in [0.25, 0.3) is 11.1 Å². The average molecular weight is 558 g/mol. The lowest BCUT2D eigenvalue weighted by molar-refractivity contribution is -0.113. The van der Waals surface area contributed by atoms with Crippen molar-refractivity contribution in [2.45, 2.75) is 4.90 Å². The number of carboxylic acids is 2. The molecular weight excluding hydrogens is 538 g/mol. The topological polar surface area (TPSA) is 157 Å². The van der Waals surface area contributed by atoms with E-state index in [0.717, 1.165) is 29.3 Å². The van der Waals surface area contributed by atoms with Crippen LogP contribution in [0.15, 0.2) is 83.1 Å². The number of carbonyl (C=O) groups is 4. The molecule has 1 aromatic heterocycles. The quantitative estimate of drug-likeness (QED) is 0.192. The molecule has 39 heavy (non-hydrogen) atoms. The Morgan fingerprint density at radius 3 is 2.33 bits per heavy atom. The normalized spacial score (nSPS) is 10.3. The molecule has 0 unspecified atom stereocenters. The van der Waals surface area contributed by atoms with Gasteiger partial charge in [-0.05, 0) is 42.0 Å². The molecule has 0 radical (unpaired) electrons. The molecule has 9 nitrogen and oxygen atoms in total. The molecular formula is C28H19N3O6S2. The number of benzene rings is 3. The highest BCUT2D eigenvalue weighted by Gasteiger charge is 2.20. The highest BCUT2D eigenvalue weighted by Crippen LogP contribution is 2.35. The number of amides is 2. The fourth-order valence-electron chi connectivity index (χ4n) is 3.62. The van der Waals surface area contributed by atoms with Gasteiger partial charge in [0.05, 0.1) is 28.0 Å². The molecule has 0 fully saturated rings. The summed E-state index contributed by atoms with van der Waals surface area (Å²) in [7, 11) is 0. The molecule has 0 aliphatic heterocycles. The zero-order valence-corrected chi connectivity index (χ0v) is 21.6. The molecule has 4 rings (SSSR count). The number of carbonyl (C=O) groups excluding carboxylic acids is 2. The molecule has 11 heteroatoms. The molecule has 0 aliphatic carbocycles. The maximum absolute atomic E-state index is 12.7. The van der Waals surface area contributed by atoms with Crippen molar-refractivity contribution in [3.63, 3.8) is 0 Å². The summed E-state index contributed by atoms with van der Waals surface area (Å²) in [6, 6.07) is 21.5. The lowest BCUT2D eigenvalue weighted by atomic mass is 10.0. The molecule has 0 saturated carbocycles. The second-order valence-corrected chi connectivity index (χ2v) is 9.95. The number of hydrogen-bond acceptors (Lipinski definition) is 7. The summed E-state index contributed by atoms with van der Waals surface area (Å²) in [5.41, 5.74) is 1.51. The minimum Gasteiger partial charge on any atom is -0.478 e. The predicted molar refractivity (Wildman–Crippen MR) is 149 cm³/mol. The highest BCUT2D eigenvalue weighted by molar-refractivity contribution is 8.00. The molecule has 0 bridgehead atoms. The lowest BCUT2D eigenvalue weighted by Gasteiger charge is -2.10. The zero-order valence-electron chi connectivity index (χ0n) is 20.0. The third-order valence-corrected chi connectivity index (χ3v) is 7.33. The van der Waals surface area contributed by atoms with E-state index in [4.69, 9.17) is 5.11 Å². The van der Waals surface area contributed by atoms with E-state index >= 15 is 0 Å². The van der Waals surface area contributed by atoms with Crippen LogP contribution in [0.1, 0.15) is 36.6 Å². The van der Waals surface area contributed by atoms with Crippen molar-refractivity contribution >= 4 is 57.5 Å². The number of rotatable bonds is 9. The first-order valence-electron chi connectivity index (χ1n) is 11.3. The molecule has 1 heterocycles. The number of carboxylic acid groups (broad SMARTS) is 2. The first kappa shape index (κ1) is 27.1. The van der Waals surface area contributed by atoms with Gasteiger partial charge < -0.3 is 20.8 Å². The Bertz CT molecular complexity index is 1630. The second kappa shape index (κ2) is 12.1. The van der Waals surface area contributed by atoms with Gasteiger partial charge >= 0.3 is 11.9 Å². The molecule has 4 N–H and O–H groups in total. The van der Waals surface area contributed by atoms with Gasteiger partial charge in [-0.25, -0.2) is 9.59 Å². The Morgan fingerprint density at radius 2 is 1.64 bits per heavy atom. The smallest absolute Gasteiger partial charge is 0.336 e. The van der Waals surface area contributed by atoms with Gasteiger partial charge in [-0.15, -0.1) is 23.1 Å². The largest absolute Gasteiger partial charge is 0.478 e. The Morgan fingerprint density at radius 1 is 0.872 bits per heavy atom. The van der Waals surface area contributed by atoms with E-state index in [1.54, 1.807) is 24.3 Å². The summed E-state index contributed by atoms with van der Waals surface area (Å²) in [6.45, 7) is 0. The third kappa shape index (κ3) is 6.51. The standard InChI is InChI=1S/C28H19N3O6S2/c29-13-22-23(16-5-2-1-3-6-16)14-39-26(22)31-24(32)15-38-19-8-4-7-18(12-19)30-25(33)20-10-9-17(27(34)35)11-21(20)28(36)37/h1-12,14H,15H2,(H,30,33)(H,31,32)(H,34,35)(H,36,37). The van der Waals surface area contributed by atoms with E-state index in [-0.39, 0.29) is 22.8 Å². The summed E-state index contributed by atoms with van der Waals surface area (Å²) < 4.78 is 0. The van der Waals surface area contributed by atoms with Crippen molar-refractivity contribution in [3.8, 4) is 17.2 Å². The van der Waals surface area contributed by atoms with Crippen LogP contribution in [0, 0.1) is 11.3 Å². The SMILES string of the molecule is N#Cc1c(-c2ccccc2)csc1NC(=O)CSc1cccc(NC(=O)c2ccc(C(=O)O)cc2C(=O)O)c1. The van der Waals surface area contributed by atoms with Gasteiger partial charge in [0.15, 0.2) is 0 Å². The van der Waals surface area contributed by atoms with Gasteiger partial charge in [0.1, 0.15) is 11.1 Å². The van der Waals surface area contributed by atoms with Crippen LogP contribution in [-0.4, -0.2) is 39.7 Å². The highest BCUT2D eigenvalue weighted by atomic mass is 32.2. The van der Waals surface area contributed by atoms with Crippen molar-refractivity contribution in [2.75, 3.05) is 16.4 Å². The number of thioether (sulfide) groups is 1. The fraction of sp³-hybridized carbons (Fsp3) is 0.0357. The molecule has 2 amide bonds. The van der Waals surface area contributed by atoms with E-state index in [1.807, 2.05) is 35.7 Å². The van der Waals surface area contributed by atoms with Crippen molar-refractivity contribution in [2.24, 2.45) is 0 Å². The Hall–Kier alpha value is -4.92. The Kier molecular flexibility index (Phi) is 8.40. The Labute approximate surface area is 230 Å². The molecule has 0 atom stereocenters. The minimum atomic E-state index is -1.43. The van der Waals surface area contributed by atoms with Crippen molar-refractivity contribution < 1.29 is 29.4 Å². The van der Waals surface area contributed by atoms with E-state index in [1.165, 1.54) is 23.1 Å². The maximum atomic E-state index is 12.7. The number of hydrogen-bond donors (Lipinski definition) is 4. The Balaban J connectivity index is 1.41. The van der Waals surface area contributed by atoms with Crippen LogP contribution in [0.5, 0.6) is 0 Å². The molecule has 0 saturated heterocycles. The van der Waals surface area contributed by atoms with Gasteiger partial charge in [-0.3, -0.25) is 9.59 Å².